The van der Waals surface area contributed by atoms with E-state index in [-0.39, 0.29) is 12.5 Å². The lowest BCUT2D eigenvalue weighted by Gasteiger charge is -2.24. The van der Waals surface area contributed by atoms with E-state index in [1.165, 1.54) is 7.05 Å². The molecule has 2 aromatic rings. The Kier molecular flexibility index (Phi) is 4.74. The summed E-state index contributed by atoms with van der Waals surface area (Å²) >= 11 is 0. The van der Waals surface area contributed by atoms with Gasteiger partial charge >= 0.3 is 12.1 Å². The van der Waals surface area contributed by atoms with Gasteiger partial charge in [-0.3, -0.25) is 4.90 Å². The zero-order valence-electron chi connectivity index (χ0n) is 14.3. The highest BCUT2D eigenvalue weighted by Crippen LogP contribution is 2.44. The maximum Gasteiger partial charge on any atom is 0.410 e. The molecule has 3 rings (SSSR count). The molecule has 0 saturated carbocycles. The molecule has 0 bridgehead atoms. The number of likely N-dealkylation sites (N-methyl/N-ethyl adjacent to an activating group) is 1. The summed E-state index contributed by atoms with van der Waals surface area (Å²) in [6.45, 7) is 1.92. The quantitative estimate of drug-likeness (QED) is 0.901. The van der Waals surface area contributed by atoms with Gasteiger partial charge < -0.3 is 9.84 Å². The molecule has 25 heavy (non-hydrogen) atoms. The van der Waals surface area contributed by atoms with Gasteiger partial charge in [0.1, 0.15) is 12.6 Å². The highest BCUT2D eigenvalue weighted by molar-refractivity contribution is 5.81. The fourth-order valence-corrected chi connectivity index (χ4v) is 3.44. The summed E-state index contributed by atoms with van der Waals surface area (Å²) < 4.78 is 5.46. The fraction of sp³-hybridized carbons (Fsp3) is 0.300. The van der Waals surface area contributed by atoms with E-state index in [4.69, 9.17) is 4.74 Å². The van der Waals surface area contributed by atoms with Crippen molar-refractivity contribution in [3.05, 3.63) is 59.7 Å². The molecule has 0 aliphatic heterocycles. The summed E-state index contributed by atoms with van der Waals surface area (Å²) in [6.07, 6.45) is -0.285. The van der Waals surface area contributed by atoms with Crippen molar-refractivity contribution in [1.29, 1.82) is 0 Å². The van der Waals surface area contributed by atoms with Crippen LogP contribution in [0, 0.1) is 0 Å². The molecule has 1 N–H and O–H groups in total. The molecule has 0 spiro atoms. The van der Waals surface area contributed by atoms with Crippen LogP contribution in [-0.4, -0.2) is 41.8 Å². The number of benzene rings is 2. The van der Waals surface area contributed by atoms with Crippen LogP contribution in [0.5, 0.6) is 0 Å². The van der Waals surface area contributed by atoms with Crippen LogP contribution in [0.25, 0.3) is 11.1 Å². The van der Waals surface area contributed by atoms with Crippen LogP contribution in [0.15, 0.2) is 48.5 Å². The van der Waals surface area contributed by atoms with Gasteiger partial charge in [0.2, 0.25) is 0 Å². The molecule has 0 radical (unpaired) electrons. The second-order valence-electron chi connectivity index (χ2n) is 6.18. The molecule has 0 heterocycles. The lowest BCUT2D eigenvalue weighted by atomic mass is 9.98. The van der Waals surface area contributed by atoms with Gasteiger partial charge in [-0.05, 0) is 28.7 Å². The summed E-state index contributed by atoms with van der Waals surface area (Å²) in [7, 11) is 1.46. The number of ether oxygens (including phenoxy) is 1. The second-order valence-corrected chi connectivity index (χ2v) is 6.18. The molecule has 5 heteroatoms. The summed E-state index contributed by atoms with van der Waals surface area (Å²) in [5.41, 5.74) is 4.57. The average Bonchev–Trinajstić information content (AvgIpc) is 2.94. The van der Waals surface area contributed by atoms with Crippen LogP contribution in [0.3, 0.4) is 0 Å². The van der Waals surface area contributed by atoms with E-state index in [2.05, 4.69) is 12.1 Å². The largest absolute Gasteiger partial charge is 0.480 e. The van der Waals surface area contributed by atoms with Crippen LogP contribution in [0.4, 0.5) is 4.79 Å². The molecular formula is C20H21NO4. The Labute approximate surface area is 146 Å². The molecule has 1 aliphatic rings. The summed E-state index contributed by atoms with van der Waals surface area (Å²) in [5, 5.41) is 9.18. The highest BCUT2D eigenvalue weighted by atomic mass is 16.6. The molecule has 1 atom stereocenters. The predicted molar refractivity (Wildman–Crippen MR) is 94.5 cm³/mol. The topological polar surface area (TPSA) is 66.8 Å². The minimum Gasteiger partial charge on any atom is -0.480 e. The lowest BCUT2D eigenvalue weighted by molar-refractivity contribution is -0.142. The first-order chi connectivity index (χ1) is 12.0. The van der Waals surface area contributed by atoms with Crippen molar-refractivity contribution in [3.8, 4) is 11.1 Å². The van der Waals surface area contributed by atoms with Gasteiger partial charge in [0.05, 0.1) is 0 Å². The zero-order valence-corrected chi connectivity index (χ0v) is 14.3. The third-order valence-corrected chi connectivity index (χ3v) is 4.76. The molecule has 1 aliphatic carbocycles. The normalized spacial score (nSPS) is 13.7. The summed E-state index contributed by atoms with van der Waals surface area (Å²) in [5.74, 6) is -1.06. The molecule has 0 saturated heterocycles. The molecule has 0 fully saturated rings. The minimum atomic E-state index is -1.03. The van der Waals surface area contributed by atoms with E-state index in [0.29, 0.717) is 6.42 Å². The Hall–Kier alpha value is -2.82. The Morgan fingerprint density at radius 3 is 2.08 bits per heavy atom. The minimum absolute atomic E-state index is 0.0327. The first-order valence-corrected chi connectivity index (χ1v) is 8.35. The van der Waals surface area contributed by atoms with E-state index in [1.807, 2.05) is 36.4 Å². The van der Waals surface area contributed by atoms with Crippen molar-refractivity contribution in [1.82, 2.24) is 4.90 Å². The van der Waals surface area contributed by atoms with Gasteiger partial charge in [-0.15, -0.1) is 0 Å². The molecule has 130 valence electrons. The van der Waals surface area contributed by atoms with Gasteiger partial charge in [-0.25, -0.2) is 9.59 Å². The van der Waals surface area contributed by atoms with Gasteiger partial charge in [-0.1, -0.05) is 55.5 Å². The molecule has 0 aromatic heterocycles. The predicted octanol–water partition coefficient (Wildman–Crippen LogP) is 3.73. The first-order valence-electron chi connectivity index (χ1n) is 8.35. The van der Waals surface area contributed by atoms with E-state index >= 15 is 0 Å². The SMILES string of the molecule is CCC(C(=O)O)N(C)C(=O)OCC1c2ccccc2-c2ccccc21. The average molecular weight is 339 g/mol. The second kappa shape index (κ2) is 6.97. The van der Waals surface area contributed by atoms with Gasteiger partial charge in [0, 0.05) is 13.0 Å². The summed E-state index contributed by atoms with van der Waals surface area (Å²) in [6, 6.07) is 15.3. The Balaban J connectivity index is 1.78. The molecular weight excluding hydrogens is 318 g/mol. The van der Waals surface area contributed by atoms with Crippen LogP contribution in [0.2, 0.25) is 0 Å². The number of hydrogen-bond donors (Lipinski definition) is 1. The van der Waals surface area contributed by atoms with Crippen molar-refractivity contribution < 1.29 is 19.4 Å². The van der Waals surface area contributed by atoms with Crippen molar-refractivity contribution in [2.24, 2.45) is 0 Å². The number of nitrogens with zero attached hydrogens (tertiary/aromatic N) is 1. The maximum absolute atomic E-state index is 12.3. The number of amides is 1. The fourth-order valence-electron chi connectivity index (χ4n) is 3.44. The van der Waals surface area contributed by atoms with E-state index < -0.39 is 18.1 Å². The Morgan fingerprint density at radius 1 is 1.08 bits per heavy atom. The van der Waals surface area contributed by atoms with Gasteiger partial charge in [0.15, 0.2) is 0 Å². The smallest absolute Gasteiger partial charge is 0.410 e. The number of hydrogen-bond acceptors (Lipinski definition) is 3. The Morgan fingerprint density at radius 2 is 1.60 bits per heavy atom. The molecule has 5 nitrogen and oxygen atoms in total. The van der Waals surface area contributed by atoms with Gasteiger partial charge in [0.25, 0.3) is 0 Å². The van der Waals surface area contributed by atoms with Crippen molar-refractivity contribution in [2.45, 2.75) is 25.3 Å². The van der Waals surface area contributed by atoms with E-state index in [1.54, 1.807) is 6.92 Å². The number of rotatable bonds is 5. The number of carboxylic acids is 1. The van der Waals surface area contributed by atoms with E-state index in [0.717, 1.165) is 27.2 Å². The van der Waals surface area contributed by atoms with Crippen molar-refractivity contribution in [3.63, 3.8) is 0 Å². The number of carbonyl (C=O) groups is 2. The van der Waals surface area contributed by atoms with Gasteiger partial charge in [-0.2, -0.15) is 0 Å². The number of carbonyl (C=O) groups excluding carboxylic acids is 1. The first kappa shape index (κ1) is 17.0. The third kappa shape index (κ3) is 3.09. The van der Waals surface area contributed by atoms with Crippen LogP contribution in [0.1, 0.15) is 30.4 Å². The van der Waals surface area contributed by atoms with Crippen molar-refractivity contribution in [2.75, 3.05) is 13.7 Å². The maximum atomic E-state index is 12.3. The monoisotopic (exact) mass is 339 g/mol. The highest BCUT2D eigenvalue weighted by Gasteiger charge is 2.31. The molecule has 2 aromatic carbocycles. The van der Waals surface area contributed by atoms with Crippen LogP contribution >= 0.6 is 0 Å². The number of aliphatic carboxylic acids is 1. The molecule has 1 amide bonds. The zero-order chi connectivity index (χ0) is 18.0. The Bertz CT molecular complexity index is 756. The standard InChI is InChI=1S/C20H21NO4/c1-3-18(19(22)23)21(2)20(24)25-12-17-15-10-6-4-8-13(15)14-9-5-7-11-16(14)17/h4-11,17-18H,3,12H2,1-2H3,(H,22,23). The lowest BCUT2D eigenvalue weighted by Crippen LogP contribution is -2.42. The number of carboxylic acid groups (broad SMARTS) is 1. The van der Waals surface area contributed by atoms with E-state index in [9.17, 15) is 14.7 Å². The van der Waals surface area contributed by atoms with Crippen LogP contribution < -0.4 is 0 Å². The summed E-state index contributed by atoms with van der Waals surface area (Å²) in [4.78, 5) is 24.6. The molecule has 1 unspecified atom stereocenters. The third-order valence-electron chi connectivity index (χ3n) is 4.76. The number of fused-ring (bicyclic) bond motifs is 3. The van der Waals surface area contributed by atoms with Crippen LogP contribution in [-0.2, 0) is 9.53 Å². The van der Waals surface area contributed by atoms with Crippen molar-refractivity contribution >= 4 is 12.1 Å².